The van der Waals surface area contributed by atoms with Gasteiger partial charge in [0.2, 0.25) is 5.95 Å². The highest BCUT2D eigenvalue weighted by Gasteiger charge is 2.38. The van der Waals surface area contributed by atoms with Gasteiger partial charge in [-0.05, 0) is 31.7 Å². The molecular formula is C27H31F3N6O5. The normalized spacial score (nSPS) is 15.1. The van der Waals surface area contributed by atoms with Crippen LogP contribution < -0.4 is 21.9 Å². The van der Waals surface area contributed by atoms with E-state index in [9.17, 15) is 27.6 Å². The van der Waals surface area contributed by atoms with E-state index in [1.807, 2.05) is 35.2 Å². The molecule has 220 valence electrons. The quantitative estimate of drug-likeness (QED) is 0.404. The molecule has 4 rings (SSSR count). The summed E-state index contributed by atoms with van der Waals surface area (Å²) in [4.78, 5) is 54.9. The number of benzene rings is 1. The Morgan fingerprint density at radius 1 is 1.17 bits per heavy atom. The van der Waals surface area contributed by atoms with Gasteiger partial charge in [-0.3, -0.25) is 23.3 Å². The van der Waals surface area contributed by atoms with Gasteiger partial charge >= 0.3 is 17.8 Å². The van der Waals surface area contributed by atoms with Crippen molar-refractivity contribution in [3.05, 3.63) is 56.7 Å². The highest BCUT2D eigenvalue weighted by Crippen LogP contribution is 2.22. The largest absolute Gasteiger partial charge is 0.490 e. The lowest BCUT2D eigenvalue weighted by Gasteiger charge is -2.31. The van der Waals surface area contributed by atoms with Crippen molar-refractivity contribution in [1.82, 2.24) is 18.7 Å². The molecule has 1 atom stereocenters. The Bertz CT molecular complexity index is 1580. The summed E-state index contributed by atoms with van der Waals surface area (Å²) in [6.45, 7) is 3.08. The number of nitrogens with two attached hydrogens (primary N) is 1. The summed E-state index contributed by atoms with van der Waals surface area (Å²) in [5, 5.41) is 7.12. The Morgan fingerprint density at radius 2 is 1.83 bits per heavy atom. The first kappa shape index (κ1) is 31.2. The van der Waals surface area contributed by atoms with Crippen LogP contribution in [-0.2, 0) is 36.1 Å². The topological polar surface area (TPSA) is 145 Å². The van der Waals surface area contributed by atoms with Gasteiger partial charge in [-0.15, -0.1) is 5.92 Å². The number of aromatic nitrogens is 4. The summed E-state index contributed by atoms with van der Waals surface area (Å²) in [6, 6.07) is 9.67. The molecule has 0 spiro atoms. The number of alkyl halides is 3. The predicted molar refractivity (Wildman–Crippen MR) is 146 cm³/mol. The average Bonchev–Trinajstić information content (AvgIpc) is 3.32. The Kier molecular flexibility index (Phi) is 10.1. The molecule has 3 heterocycles. The number of fused-ring (bicyclic) bond motifs is 1. The second-order valence-electron chi connectivity index (χ2n) is 9.51. The van der Waals surface area contributed by atoms with Crippen LogP contribution in [0, 0.1) is 11.8 Å². The van der Waals surface area contributed by atoms with E-state index >= 15 is 0 Å². The lowest BCUT2D eigenvalue weighted by Crippen LogP contribution is -2.44. The molecule has 1 aromatic carbocycles. The van der Waals surface area contributed by atoms with E-state index in [2.05, 4.69) is 16.8 Å². The van der Waals surface area contributed by atoms with E-state index in [0.29, 0.717) is 18.9 Å². The maximum Gasteiger partial charge on any atom is 0.490 e. The molecule has 0 unspecified atom stereocenters. The van der Waals surface area contributed by atoms with Gasteiger partial charge in [-0.25, -0.2) is 9.59 Å². The third-order valence-electron chi connectivity index (χ3n) is 6.48. The minimum Gasteiger partial charge on any atom is -0.475 e. The van der Waals surface area contributed by atoms with Crippen molar-refractivity contribution in [2.75, 3.05) is 18.0 Å². The van der Waals surface area contributed by atoms with E-state index in [-0.39, 0.29) is 42.5 Å². The molecular weight excluding hydrogens is 545 g/mol. The van der Waals surface area contributed by atoms with Crippen LogP contribution in [0.1, 0.15) is 31.7 Å². The maximum absolute atomic E-state index is 13.5. The number of hydrogen-bond donors (Lipinski definition) is 2. The zero-order valence-electron chi connectivity index (χ0n) is 22.6. The molecule has 0 saturated carbocycles. The van der Waals surface area contributed by atoms with Crippen molar-refractivity contribution in [2.45, 2.75) is 57.9 Å². The first-order valence-corrected chi connectivity index (χ1v) is 12.8. The van der Waals surface area contributed by atoms with E-state index in [1.54, 1.807) is 18.5 Å². The molecule has 0 amide bonds. The molecule has 11 nitrogen and oxygen atoms in total. The van der Waals surface area contributed by atoms with E-state index in [1.165, 1.54) is 4.57 Å². The number of piperidine rings is 1. The van der Waals surface area contributed by atoms with Crippen molar-refractivity contribution < 1.29 is 27.9 Å². The van der Waals surface area contributed by atoms with Gasteiger partial charge in [0.25, 0.3) is 5.56 Å². The molecule has 3 N–H and O–H groups in total. The molecule has 1 aliphatic heterocycles. The fourth-order valence-corrected chi connectivity index (χ4v) is 4.42. The fraction of sp³-hybridized carbons (Fsp3) is 0.444. The number of aryl methyl sites for hydroxylation is 2. The number of carboxylic acids is 1. The zero-order chi connectivity index (χ0) is 30.3. The minimum atomic E-state index is -5.08. The third kappa shape index (κ3) is 7.63. The standard InChI is InChI=1S/C25H30N6O3.C2HF3O2/c1-3-4-15-30-21-22(27-24(30)29-14-8-11-19(26)16-29)28(2)25(34)31(23(21)33)17-20(32)13-12-18-9-6-5-7-10-18;3-2(4,5)1(6)7/h5-7,9-10,19H,8,11-17,26H2,1-2H3;(H,6,7)/t19-;/m1./s1. The minimum absolute atomic E-state index is 0.0157. The van der Waals surface area contributed by atoms with Crippen molar-refractivity contribution >= 4 is 28.9 Å². The van der Waals surface area contributed by atoms with Crippen molar-refractivity contribution in [1.29, 1.82) is 0 Å². The van der Waals surface area contributed by atoms with Crippen LogP contribution in [0.5, 0.6) is 0 Å². The van der Waals surface area contributed by atoms with E-state index in [4.69, 9.17) is 15.6 Å². The Balaban J connectivity index is 0.000000587. The molecule has 0 bridgehead atoms. The molecule has 14 heteroatoms. The van der Waals surface area contributed by atoms with Crippen LogP contribution in [0.2, 0.25) is 0 Å². The van der Waals surface area contributed by atoms with E-state index in [0.717, 1.165) is 29.5 Å². The zero-order valence-corrected chi connectivity index (χ0v) is 22.6. The smallest absolute Gasteiger partial charge is 0.475 e. The molecule has 0 aliphatic carbocycles. The summed E-state index contributed by atoms with van der Waals surface area (Å²) in [6.07, 6.45) is -2.43. The summed E-state index contributed by atoms with van der Waals surface area (Å²) in [7, 11) is 1.57. The van der Waals surface area contributed by atoms with Crippen molar-refractivity contribution in [2.24, 2.45) is 12.8 Å². The summed E-state index contributed by atoms with van der Waals surface area (Å²) in [5.41, 5.74) is 6.69. The number of carbonyl (C=O) groups excluding carboxylic acids is 1. The van der Waals surface area contributed by atoms with Crippen LogP contribution in [0.15, 0.2) is 39.9 Å². The number of nitrogens with zero attached hydrogens (tertiary/aromatic N) is 5. The van der Waals surface area contributed by atoms with Gasteiger partial charge in [-0.2, -0.15) is 18.2 Å². The van der Waals surface area contributed by atoms with Crippen LogP contribution in [-0.4, -0.2) is 60.9 Å². The van der Waals surface area contributed by atoms with Crippen LogP contribution >= 0.6 is 0 Å². The maximum atomic E-state index is 13.5. The number of carboxylic acid groups (broad SMARTS) is 1. The second-order valence-corrected chi connectivity index (χ2v) is 9.51. The van der Waals surface area contributed by atoms with Gasteiger partial charge in [-0.1, -0.05) is 36.3 Å². The van der Waals surface area contributed by atoms with Gasteiger partial charge in [0.05, 0.1) is 13.1 Å². The Labute approximate surface area is 233 Å². The first-order valence-electron chi connectivity index (χ1n) is 12.8. The number of halogens is 3. The first-order chi connectivity index (χ1) is 19.3. The van der Waals surface area contributed by atoms with Crippen molar-refractivity contribution in [3.63, 3.8) is 0 Å². The Hall–Kier alpha value is -4.38. The number of carbonyl (C=O) groups is 2. The van der Waals surface area contributed by atoms with Gasteiger partial charge in [0, 0.05) is 32.6 Å². The van der Waals surface area contributed by atoms with Crippen molar-refractivity contribution in [3.8, 4) is 11.8 Å². The number of hydrogen-bond acceptors (Lipinski definition) is 7. The highest BCUT2D eigenvalue weighted by molar-refractivity contribution is 5.79. The monoisotopic (exact) mass is 576 g/mol. The summed E-state index contributed by atoms with van der Waals surface area (Å²) < 4.78 is 35.8. The molecule has 1 aliphatic rings. The van der Waals surface area contributed by atoms with Crippen LogP contribution in [0.25, 0.3) is 11.2 Å². The lowest BCUT2D eigenvalue weighted by molar-refractivity contribution is -0.192. The molecule has 1 saturated heterocycles. The summed E-state index contributed by atoms with van der Waals surface area (Å²) in [5.74, 6) is 3.51. The number of anilines is 1. The second kappa shape index (κ2) is 13.3. The highest BCUT2D eigenvalue weighted by atomic mass is 19.4. The Morgan fingerprint density at radius 3 is 2.41 bits per heavy atom. The molecule has 3 aromatic rings. The van der Waals surface area contributed by atoms with Crippen LogP contribution in [0.4, 0.5) is 19.1 Å². The van der Waals surface area contributed by atoms with Gasteiger partial charge in [0.1, 0.15) is 0 Å². The average molecular weight is 577 g/mol. The SMILES string of the molecule is CC#CCn1c(N2CCC[C@@H](N)C2)nc2c1c(=O)n(CC(=O)CCc1ccccc1)c(=O)n2C.O=C(O)C(F)(F)F. The predicted octanol–water partition coefficient (Wildman–Crippen LogP) is 1.68. The molecule has 1 fully saturated rings. The van der Waals surface area contributed by atoms with Crippen LogP contribution in [0.3, 0.4) is 0 Å². The fourth-order valence-electron chi connectivity index (χ4n) is 4.42. The van der Waals surface area contributed by atoms with Gasteiger partial charge in [0.15, 0.2) is 16.9 Å². The molecule has 0 radical (unpaired) electrons. The number of Topliss-reactive ketones (excluding diaryl/α,β-unsaturated/α-hetero) is 1. The number of aliphatic carboxylic acids is 1. The van der Waals surface area contributed by atoms with Gasteiger partial charge < -0.3 is 15.7 Å². The summed E-state index contributed by atoms with van der Waals surface area (Å²) >= 11 is 0. The number of imidazole rings is 1. The van der Waals surface area contributed by atoms with E-state index < -0.39 is 23.4 Å². The number of rotatable bonds is 7. The molecule has 41 heavy (non-hydrogen) atoms. The number of ketones is 1. The third-order valence-corrected chi connectivity index (χ3v) is 6.48. The lowest BCUT2D eigenvalue weighted by atomic mass is 10.1. The molecule has 2 aromatic heterocycles.